The maximum atomic E-state index is 13.0. The van der Waals surface area contributed by atoms with E-state index in [0.717, 1.165) is 60.1 Å². The molecule has 1 fully saturated rings. The van der Waals surface area contributed by atoms with Crippen molar-refractivity contribution < 1.29 is 4.79 Å². The number of aryl methyl sites for hydroxylation is 3. The molecule has 3 heterocycles. The van der Waals surface area contributed by atoms with Crippen molar-refractivity contribution >= 4 is 22.9 Å². The van der Waals surface area contributed by atoms with Gasteiger partial charge in [-0.2, -0.15) is 5.10 Å². The number of aromatic nitrogens is 3. The highest BCUT2D eigenvalue weighted by Crippen LogP contribution is 2.24. The van der Waals surface area contributed by atoms with Crippen LogP contribution in [-0.4, -0.2) is 38.2 Å². The minimum Gasteiger partial charge on any atom is -0.325 e. The molecule has 0 aliphatic carbocycles. The molecule has 1 atom stereocenters. The van der Waals surface area contributed by atoms with Gasteiger partial charge in [-0.25, -0.2) is 9.67 Å². The van der Waals surface area contributed by atoms with E-state index in [-0.39, 0.29) is 11.9 Å². The lowest BCUT2D eigenvalue weighted by molar-refractivity contribution is -0.122. The molecule has 4 rings (SSSR count). The molecule has 152 valence electrons. The van der Waals surface area contributed by atoms with Gasteiger partial charge in [-0.1, -0.05) is 6.42 Å². The zero-order chi connectivity index (χ0) is 20.4. The van der Waals surface area contributed by atoms with Gasteiger partial charge in [0.1, 0.15) is 0 Å². The number of nitrogens with one attached hydrogen (secondary N) is 1. The quantitative estimate of drug-likeness (QED) is 0.684. The van der Waals surface area contributed by atoms with Crippen LogP contribution in [0.25, 0.3) is 5.69 Å². The second kappa shape index (κ2) is 8.47. The third-order valence-electron chi connectivity index (χ3n) is 5.33. The first-order valence-electron chi connectivity index (χ1n) is 10.1. The Labute approximate surface area is 175 Å². The molecule has 0 saturated carbocycles. The molecular weight excluding hydrogens is 382 g/mol. The van der Waals surface area contributed by atoms with Gasteiger partial charge in [0, 0.05) is 29.0 Å². The smallest absolute Gasteiger partial charge is 0.241 e. The summed E-state index contributed by atoms with van der Waals surface area (Å²) in [5.41, 5.74) is 3.90. The highest BCUT2D eigenvalue weighted by Gasteiger charge is 2.29. The number of thiazole rings is 1. The molecule has 6 nitrogen and oxygen atoms in total. The Hall–Kier alpha value is -2.51. The molecule has 0 unspecified atom stereocenters. The average molecular weight is 410 g/mol. The fourth-order valence-corrected chi connectivity index (χ4v) is 4.78. The highest BCUT2D eigenvalue weighted by molar-refractivity contribution is 7.11. The largest absolute Gasteiger partial charge is 0.325 e. The monoisotopic (exact) mass is 409 g/mol. The summed E-state index contributed by atoms with van der Waals surface area (Å²) in [7, 11) is 0. The number of anilines is 1. The second-order valence-corrected chi connectivity index (χ2v) is 9.02. The predicted molar refractivity (Wildman–Crippen MR) is 117 cm³/mol. The summed E-state index contributed by atoms with van der Waals surface area (Å²) in [6.45, 7) is 7.79. The number of nitrogens with zero attached hydrogens (tertiary/aromatic N) is 4. The van der Waals surface area contributed by atoms with Crippen molar-refractivity contribution in [1.29, 1.82) is 0 Å². The molecule has 1 amide bonds. The fourth-order valence-electron chi connectivity index (χ4n) is 3.96. The van der Waals surface area contributed by atoms with Crippen LogP contribution in [0.3, 0.4) is 0 Å². The van der Waals surface area contributed by atoms with Gasteiger partial charge in [-0.15, -0.1) is 11.3 Å². The molecule has 3 aromatic rings. The molecule has 1 aromatic carbocycles. The molecule has 1 N–H and O–H groups in total. The molecule has 2 aromatic heterocycles. The van der Waals surface area contributed by atoms with Gasteiger partial charge >= 0.3 is 0 Å². The molecule has 7 heteroatoms. The van der Waals surface area contributed by atoms with Crippen LogP contribution in [0.1, 0.15) is 40.5 Å². The molecule has 0 bridgehead atoms. The van der Waals surface area contributed by atoms with Crippen molar-refractivity contribution in [3.63, 3.8) is 0 Å². The average Bonchev–Trinajstić information content (AvgIpc) is 3.27. The van der Waals surface area contributed by atoms with Crippen LogP contribution in [0.4, 0.5) is 5.69 Å². The third kappa shape index (κ3) is 4.57. The number of likely N-dealkylation sites (tertiary alicyclic amines) is 1. The lowest BCUT2D eigenvalue weighted by Crippen LogP contribution is -2.46. The first-order valence-corrected chi connectivity index (χ1v) is 10.9. The van der Waals surface area contributed by atoms with Gasteiger partial charge in [0.05, 0.1) is 22.4 Å². The Kier molecular flexibility index (Phi) is 5.78. The predicted octanol–water partition coefficient (Wildman–Crippen LogP) is 4.25. The lowest BCUT2D eigenvalue weighted by Gasteiger charge is -2.34. The zero-order valence-electron chi connectivity index (χ0n) is 17.2. The number of hydrogen-bond acceptors (Lipinski definition) is 5. The van der Waals surface area contributed by atoms with Crippen LogP contribution in [0.15, 0.2) is 36.5 Å². The van der Waals surface area contributed by atoms with Crippen molar-refractivity contribution in [2.45, 2.75) is 52.6 Å². The number of piperidine rings is 1. The lowest BCUT2D eigenvalue weighted by atomic mass is 10.0. The first kappa shape index (κ1) is 19.8. The van der Waals surface area contributed by atoms with Crippen molar-refractivity contribution in [3.8, 4) is 5.69 Å². The van der Waals surface area contributed by atoms with Crippen LogP contribution >= 0.6 is 11.3 Å². The number of amides is 1. The Morgan fingerprint density at radius 2 is 2.00 bits per heavy atom. The minimum atomic E-state index is -0.0955. The van der Waals surface area contributed by atoms with E-state index in [1.807, 2.05) is 55.9 Å². The highest BCUT2D eigenvalue weighted by atomic mass is 32.1. The fraction of sp³-hybridized carbons (Fsp3) is 0.409. The van der Waals surface area contributed by atoms with Crippen LogP contribution in [0, 0.1) is 20.8 Å². The van der Waals surface area contributed by atoms with Crippen molar-refractivity contribution in [2.24, 2.45) is 0 Å². The van der Waals surface area contributed by atoms with E-state index in [1.165, 1.54) is 4.88 Å². The van der Waals surface area contributed by atoms with Gasteiger partial charge in [0.25, 0.3) is 0 Å². The summed E-state index contributed by atoms with van der Waals surface area (Å²) in [4.78, 5) is 20.9. The Balaban J connectivity index is 1.43. The summed E-state index contributed by atoms with van der Waals surface area (Å²) < 4.78 is 1.92. The Morgan fingerprint density at radius 1 is 1.21 bits per heavy atom. The first-order chi connectivity index (χ1) is 14.0. The Morgan fingerprint density at radius 3 is 2.66 bits per heavy atom. The van der Waals surface area contributed by atoms with Crippen molar-refractivity contribution in [3.05, 3.63) is 57.8 Å². The summed E-state index contributed by atoms with van der Waals surface area (Å²) in [5, 5.41) is 8.69. The number of hydrogen-bond donors (Lipinski definition) is 1. The normalized spacial score (nSPS) is 17.4. The van der Waals surface area contributed by atoms with Crippen molar-refractivity contribution in [1.82, 2.24) is 19.7 Å². The molecule has 0 spiro atoms. The standard InChI is InChI=1S/C22H27N5OS/c1-15-12-16(2)27(25-15)19-9-7-18(8-10-19)24-22(28)21-6-4-5-11-26(21)14-20-13-23-17(3)29-20/h7-10,12-13,21H,4-6,11,14H2,1-3H3,(H,24,28)/t21-/m0/s1. The number of benzene rings is 1. The van der Waals surface area contributed by atoms with Gasteiger partial charge in [-0.05, 0) is 70.5 Å². The number of carbonyl (C=O) groups is 1. The van der Waals surface area contributed by atoms with E-state index in [4.69, 9.17) is 0 Å². The van der Waals surface area contributed by atoms with E-state index in [1.54, 1.807) is 11.3 Å². The summed E-state index contributed by atoms with van der Waals surface area (Å²) in [5.74, 6) is 0.0739. The summed E-state index contributed by atoms with van der Waals surface area (Å²) in [6.07, 6.45) is 5.06. The molecule has 29 heavy (non-hydrogen) atoms. The maximum absolute atomic E-state index is 13.0. The topological polar surface area (TPSA) is 63.1 Å². The maximum Gasteiger partial charge on any atom is 0.241 e. The van der Waals surface area contributed by atoms with Crippen LogP contribution < -0.4 is 5.32 Å². The van der Waals surface area contributed by atoms with Gasteiger partial charge in [0.15, 0.2) is 0 Å². The van der Waals surface area contributed by atoms with E-state index in [2.05, 4.69) is 26.4 Å². The van der Waals surface area contributed by atoms with Gasteiger partial charge in [-0.3, -0.25) is 9.69 Å². The molecular formula is C22H27N5OS. The molecule has 1 aliphatic heterocycles. The van der Waals surface area contributed by atoms with E-state index >= 15 is 0 Å². The van der Waals surface area contributed by atoms with Crippen LogP contribution in [0.2, 0.25) is 0 Å². The van der Waals surface area contributed by atoms with E-state index in [0.29, 0.717) is 0 Å². The van der Waals surface area contributed by atoms with E-state index < -0.39 is 0 Å². The van der Waals surface area contributed by atoms with Crippen molar-refractivity contribution in [2.75, 3.05) is 11.9 Å². The third-order valence-corrected chi connectivity index (χ3v) is 6.23. The molecule has 0 radical (unpaired) electrons. The SMILES string of the molecule is Cc1cc(C)n(-c2ccc(NC(=O)[C@@H]3CCCCN3Cc3cnc(C)s3)cc2)n1. The summed E-state index contributed by atoms with van der Waals surface area (Å²) in [6, 6.07) is 9.84. The number of rotatable bonds is 5. The summed E-state index contributed by atoms with van der Waals surface area (Å²) >= 11 is 1.71. The molecule has 1 saturated heterocycles. The minimum absolute atomic E-state index is 0.0739. The number of carbonyl (C=O) groups excluding carboxylic acids is 1. The molecule has 1 aliphatic rings. The van der Waals surface area contributed by atoms with E-state index in [9.17, 15) is 4.79 Å². The Bertz CT molecular complexity index is 991. The van der Waals surface area contributed by atoms with Crippen LogP contribution in [-0.2, 0) is 11.3 Å². The van der Waals surface area contributed by atoms with Gasteiger partial charge in [0.2, 0.25) is 5.91 Å². The van der Waals surface area contributed by atoms with Crippen LogP contribution in [0.5, 0.6) is 0 Å². The zero-order valence-corrected chi connectivity index (χ0v) is 18.0. The second-order valence-electron chi connectivity index (χ2n) is 7.70. The van der Waals surface area contributed by atoms with Gasteiger partial charge < -0.3 is 5.32 Å².